The molecule has 27 heavy (non-hydrogen) atoms. The molecule has 3 heterocycles. The van der Waals surface area contributed by atoms with Crippen LogP contribution in [0.5, 0.6) is 5.75 Å². The number of ether oxygens (including phenoxy) is 1. The molecule has 0 aliphatic heterocycles. The lowest BCUT2D eigenvalue weighted by Crippen LogP contribution is -2.04. The second-order valence-electron chi connectivity index (χ2n) is 5.61. The first kappa shape index (κ1) is 17.3. The van der Waals surface area contributed by atoms with E-state index in [9.17, 15) is 9.90 Å². The highest BCUT2D eigenvalue weighted by atomic mass is 35.5. The van der Waals surface area contributed by atoms with Gasteiger partial charge in [0, 0.05) is 23.5 Å². The van der Waals surface area contributed by atoms with Crippen molar-refractivity contribution in [3.05, 3.63) is 58.1 Å². The second-order valence-corrected chi connectivity index (χ2v) is 6.44. The molecule has 8 nitrogen and oxygen atoms in total. The number of halogens is 1. The van der Waals surface area contributed by atoms with Gasteiger partial charge < -0.3 is 14.2 Å². The number of hydrogen-bond acceptors (Lipinski definition) is 5. The van der Waals surface area contributed by atoms with Crippen LogP contribution in [0.3, 0.4) is 0 Å². The molecule has 0 fully saturated rings. The Balaban J connectivity index is 1.90. The molecule has 3 aromatic heterocycles. The predicted molar refractivity (Wildman–Crippen MR) is 101 cm³/mol. The summed E-state index contributed by atoms with van der Waals surface area (Å²) >= 11 is 11.4. The summed E-state index contributed by atoms with van der Waals surface area (Å²) in [7, 11) is 1.41. The van der Waals surface area contributed by atoms with Gasteiger partial charge in [-0.1, -0.05) is 11.6 Å². The Hall–Kier alpha value is -3.17. The molecular formula is C17H12ClN5O3S. The molecule has 1 aromatic carbocycles. The van der Waals surface area contributed by atoms with E-state index in [4.69, 9.17) is 28.6 Å². The van der Waals surface area contributed by atoms with Crippen molar-refractivity contribution in [1.82, 2.24) is 24.1 Å². The molecular weight excluding hydrogens is 390 g/mol. The molecule has 10 heteroatoms. The number of aromatic nitrogens is 5. The Morgan fingerprint density at radius 1 is 1.33 bits per heavy atom. The number of fused-ring (bicyclic) bond motifs is 1. The molecule has 0 amide bonds. The number of hydrogen-bond donors (Lipinski definition) is 2. The van der Waals surface area contributed by atoms with Gasteiger partial charge in [0.1, 0.15) is 22.7 Å². The lowest BCUT2D eigenvalue weighted by atomic mass is 10.1. The molecule has 0 aliphatic rings. The van der Waals surface area contributed by atoms with Gasteiger partial charge in [-0.3, -0.25) is 9.67 Å². The van der Waals surface area contributed by atoms with Crippen molar-refractivity contribution in [2.45, 2.75) is 0 Å². The van der Waals surface area contributed by atoms with Crippen LogP contribution in [0.25, 0.3) is 22.9 Å². The van der Waals surface area contributed by atoms with E-state index in [0.29, 0.717) is 32.6 Å². The number of aromatic carboxylic acids is 1. The zero-order chi connectivity index (χ0) is 19.1. The quantitative estimate of drug-likeness (QED) is 0.507. The average Bonchev–Trinajstić information content (AvgIpc) is 3.23. The molecule has 0 radical (unpaired) electrons. The first-order valence-electron chi connectivity index (χ1n) is 7.71. The van der Waals surface area contributed by atoms with Crippen LogP contribution in [0.1, 0.15) is 10.4 Å². The van der Waals surface area contributed by atoms with Gasteiger partial charge in [0.15, 0.2) is 10.6 Å². The third-order valence-electron chi connectivity index (χ3n) is 4.00. The van der Waals surface area contributed by atoms with Crippen LogP contribution in [0, 0.1) is 4.77 Å². The van der Waals surface area contributed by atoms with Crippen molar-refractivity contribution >= 4 is 35.4 Å². The fraction of sp³-hybridized carbons (Fsp3) is 0.0588. The Kier molecular flexibility index (Phi) is 4.17. The van der Waals surface area contributed by atoms with E-state index < -0.39 is 5.97 Å². The monoisotopic (exact) mass is 401 g/mol. The molecule has 0 spiro atoms. The zero-order valence-electron chi connectivity index (χ0n) is 13.9. The van der Waals surface area contributed by atoms with Crippen molar-refractivity contribution in [3.63, 3.8) is 0 Å². The standard InChI is InChI=1S/C17H12ClN5O3S/c1-26-13-3-2-10(7-11(13)16(24)25)23-15(20-21-17(23)27)12-8-22-5-4-9(18)6-14(22)19-12/h2-8H,1H3,(H,21,27)(H,24,25). The summed E-state index contributed by atoms with van der Waals surface area (Å²) in [6, 6.07) is 8.22. The normalized spacial score (nSPS) is 11.0. The molecule has 0 bridgehead atoms. The highest BCUT2D eigenvalue weighted by molar-refractivity contribution is 7.71. The van der Waals surface area contributed by atoms with Crippen molar-refractivity contribution in [2.75, 3.05) is 7.11 Å². The number of aromatic amines is 1. The fourth-order valence-electron chi connectivity index (χ4n) is 2.78. The molecule has 4 aromatic rings. The number of carboxylic acids is 1. The van der Waals surface area contributed by atoms with Crippen LogP contribution in [0.2, 0.25) is 5.02 Å². The fourth-order valence-corrected chi connectivity index (χ4v) is 3.17. The number of rotatable bonds is 4. The molecule has 136 valence electrons. The molecule has 0 atom stereocenters. The van der Waals surface area contributed by atoms with Crippen molar-refractivity contribution in [2.24, 2.45) is 0 Å². The minimum Gasteiger partial charge on any atom is -0.496 e. The Bertz CT molecular complexity index is 1240. The van der Waals surface area contributed by atoms with Crippen LogP contribution in [0.15, 0.2) is 42.7 Å². The number of carbonyl (C=O) groups is 1. The maximum atomic E-state index is 11.5. The Morgan fingerprint density at radius 3 is 2.89 bits per heavy atom. The van der Waals surface area contributed by atoms with Gasteiger partial charge in [0.2, 0.25) is 0 Å². The summed E-state index contributed by atoms with van der Waals surface area (Å²) in [4.78, 5) is 16.0. The van der Waals surface area contributed by atoms with E-state index in [2.05, 4.69) is 15.2 Å². The smallest absolute Gasteiger partial charge is 0.339 e. The molecule has 0 saturated heterocycles. The van der Waals surface area contributed by atoms with Crippen LogP contribution >= 0.6 is 23.8 Å². The topological polar surface area (TPSA) is 97.4 Å². The third kappa shape index (κ3) is 2.96. The van der Waals surface area contributed by atoms with Gasteiger partial charge in [0.25, 0.3) is 0 Å². The third-order valence-corrected chi connectivity index (χ3v) is 4.50. The highest BCUT2D eigenvalue weighted by Crippen LogP contribution is 2.26. The molecule has 0 unspecified atom stereocenters. The molecule has 4 rings (SSSR count). The number of nitrogens with zero attached hydrogens (tertiary/aromatic N) is 4. The summed E-state index contributed by atoms with van der Waals surface area (Å²) in [5.41, 5.74) is 1.75. The van der Waals surface area contributed by atoms with E-state index in [0.717, 1.165) is 0 Å². The molecule has 0 aliphatic carbocycles. The lowest BCUT2D eigenvalue weighted by Gasteiger charge is -2.09. The Morgan fingerprint density at radius 2 is 2.15 bits per heavy atom. The minimum atomic E-state index is -1.10. The summed E-state index contributed by atoms with van der Waals surface area (Å²) < 4.78 is 8.84. The number of methoxy groups -OCH3 is 1. The molecule has 0 saturated carbocycles. The van der Waals surface area contributed by atoms with Crippen LogP contribution in [-0.2, 0) is 0 Å². The van der Waals surface area contributed by atoms with Crippen LogP contribution < -0.4 is 4.74 Å². The SMILES string of the molecule is COc1ccc(-n2c(-c3cn4ccc(Cl)cc4n3)n[nH]c2=S)cc1C(=O)O. The number of benzene rings is 1. The second kappa shape index (κ2) is 6.53. The van der Waals surface area contributed by atoms with E-state index in [1.807, 2.05) is 0 Å². The number of nitrogens with one attached hydrogen (secondary N) is 1. The minimum absolute atomic E-state index is 0.0193. The van der Waals surface area contributed by atoms with E-state index in [1.54, 1.807) is 45.6 Å². The van der Waals surface area contributed by atoms with Gasteiger partial charge in [-0.15, -0.1) is 0 Å². The zero-order valence-corrected chi connectivity index (χ0v) is 15.5. The van der Waals surface area contributed by atoms with E-state index in [-0.39, 0.29) is 11.3 Å². The maximum Gasteiger partial charge on any atom is 0.339 e. The molecule has 2 N–H and O–H groups in total. The van der Waals surface area contributed by atoms with Crippen molar-refractivity contribution in [1.29, 1.82) is 0 Å². The summed E-state index contributed by atoms with van der Waals surface area (Å²) in [6.07, 6.45) is 3.57. The Labute approximate surface area is 162 Å². The highest BCUT2D eigenvalue weighted by Gasteiger charge is 2.18. The average molecular weight is 402 g/mol. The van der Waals surface area contributed by atoms with Gasteiger partial charge in [-0.2, -0.15) is 5.10 Å². The van der Waals surface area contributed by atoms with Gasteiger partial charge in [-0.25, -0.2) is 9.78 Å². The number of H-pyrrole nitrogens is 1. The van der Waals surface area contributed by atoms with E-state index >= 15 is 0 Å². The largest absolute Gasteiger partial charge is 0.496 e. The maximum absolute atomic E-state index is 11.5. The van der Waals surface area contributed by atoms with Crippen LogP contribution in [0.4, 0.5) is 0 Å². The van der Waals surface area contributed by atoms with Crippen molar-refractivity contribution in [3.8, 4) is 23.0 Å². The summed E-state index contributed by atoms with van der Waals surface area (Å²) in [5.74, 6) is -0.404. The summed E-state index contributed by atoms with van der Waals surface area (Å²) in [6.45, 7) is 0. The number of carboxylic acid groups (broad SMARTS) is 1. The number of imidazole rings is 1. The lowest BCUT2D eigenvalue weighted by molar-refractivity contribution is 0.0693. The number of pyridine rings is 1. The predicted octanol–water partition coefficient (Wildman–Crippen LogP) is 3.60. The van der Waals surface area contributed by atoms with Gasteiger partial charge >= 0.3 is 5.97 Å². The van der Waals surface area contributed by atoms with Gasteiger partial charge in [-0.05, 0) is 36.5 Å². The first-order chi connectivity index (χ1) is 13.0. The summed E-state index contributed by atoms with van der Waals surface area (Å²) in [5, 5.41) is 17.0. The van der Waals surface area contributed by atoms with Crippen molar-refractivity contribution < 1.29 is 14.6 Å². The van der Waals surface area contributed by atoms with Crippen LogP contribution in [-0.4, -0.2) is 42.3 Å². The van der Waals surface area contributed by atoms with E-state index in [1.165, 1.54) is 13.2 Å². The first-order valence-corrected chi connectivity index (χ1v) is 8.50. The van der Waals surface area contributed by atoms with Gasteiger partial charge in [0.05, 0.1) is 12.8 Å².